The van der Waals surface area contributed by atoms with Crippen LogP contribution in [0, 0.1) is 20.8 Å². The highest BCUT2D eigenvalue weighted by atomic mass is 35.5. The molecule has 0 amide bonds. The molecule has 0 saturated heterocycles. The van der Waals surface area contributed by atoms with Gasteiger partial charge in [0, 0.05) is 24.8 Å². The van der Waals surface area contributed by atoms with E-state index in [1.807, 2.05) is 31.6 Å². The van der Waals surface area contributed by atoms with E-state index < -0.39 is 0 Å². The van der Waals surface area contributed by atoms with Crippen molar-refractivity contribution in [2.24, 2.45) is 7.05 Å². The summed E-state index contributed by atoms with van der Waals surface area (Å²) in [4.78, 5) is 4.12. The molecule has 0 aliphatic heterocycles. The lowest BCUT2D eigenvalue weighted by Gasteiger charge is -2.08. The van der Waals surface area contributed by atoms with Crippen molar-refractivity contribution in [1.82, 2.24) is 14.8 Å². The van der Waals surface area contributed by atoms with Crippen LogP contribution in [-0.2, 0) is 13.6 Å². The molecule has 4 nitrogen and oxygen atoms in total. The molecule has 0 saturated carbocycles. The fraction of sp³-hybridized carbons (Fsp3) is 0.385. The molecule has 2 rings (SSSR count). The molecule has 1 N–H and O–H groups in total. The molecule has 0 unspecified atom stereocenters. The molecule has 2 heterocycles. The highest BCUT2D eigenvalue weighted by Gasteiger charge is 2.09. The van der Waals surface area contributed by atoms with Gasteiger partial charge in [-0.25, -0.2) is 4.98 Å². The SMILES string of the molecule is Cc1cc(NCc2c(C)nn(C)c2C)cnc1Cl. The van der Waals surface area contributed by atoms with E-state index in [4.69, 9.17) is 11.6 Å². The van der Waals surface area contributed by atoms with Gasteiger partial charge < -0.3 is 5.32 Å². The maximum Gasteiger partial charge on any atom is 0.132 e. The molecule has 5 heteroatoms. The number of nitrogens with one attached hydrogen (secondary N) is 1. The molecule has 0 atom stereocenters. The van der Waals surface area contributed by atoms with Gasteiger partial charge in [-0.05, 0) is 32.4 Å². The lowest BCUT2D eigenvalue weighted by atomic mass is 10.2. The zero-order chi connectivity index (χ0) is 13.3. The van der Waals surface area contributed by atoms with Crippen LogP contribution >= 0.6 is 11.6 Å². The summed E-state index contributed by atoms with van der Waals surface area (Å²) in [5.41, 5.74) is 5.41. The molecule has 0 radical (unpaired) electrons. The predicted octanol–water partition coefficient (Wildman–Crippen LogP) is 3.01. The summed E-state index contributed by atoms with van der Waals surface area (Å²) in [6.07, 6.45) is 1.75. The zero-order valence-electron chi connectivity index (χ0n) is 11.1. The van der Waals surface area contributed by atoms with Gasteiger partial charge in [0.1, 0.15) is 5.15 Å². The molecule has 0 aliphatic carbocycles. The number of halogens is 1. The van der Waals surface area contributed by atoms with Crippen LogP contribution in [-0.4, -0.2) is 14.8 Å². The smallest absolute Gasteiger partial charge is 0.132 e. The average Bonchev–Trinajstić information content (AvgIpc) is 2.56. The number of aromatic nitrogens is 3. The molecular weight excluding hydrogens is 248 g/mol. The van der Waals surface area contributed by atoms with Gasteiger partial charge >= 0.3 is 0 Å². The van der Waals surface area contributed by atoms with Crippen molar-refractivity contribution in [3.8, 4) is 0 Å². The van der Waals surface area contributed by atoms with Gasteiger partial charge in [0.2, 0.25) is 0 Å². The Labute approximate surface area is 112 Å². The van der Waals surface area contributed by atoms with E-state index in [1.54, 1.807) is 6.20 Å². The summed E-state index contributed by atoms with van der Waals surface area (Å²) in [7, 11) is 1.96. The van der Waals surface area contributed by atoms with Crippen LogP contribution in [0.1, 0.15) is 22.5 Å². The van der Waals surface area contributed by atoms with Crippen LogP contribution in [0.25, 0.3) is 0 Å². The fourth-order valence-electron chi connectivity index (χ4n) is 1.92. The summed E-state index contributed by atoms with van der Waals surface area (Å²) in [6, 6.07) is 2.00. The normalized spacial score (nSPS) is 10.7. The van der Waals surface area contributed by atoms with Gasteiger partial charge in [-0.15, -0.1) is 0 Å². The third kappa shape index (κ3) is 2.48. The molecular formula is C13H17ClN4. The molecule has 96 valence electrons. The van der Waals surface area contributed by atoms with Crippen molar-refractivity contribution in [3.63, 3.8) is 0 Å². The average molecular weight is 265 g/mol. The number of aryl methyl sites for hydroxylation is 3. The van der Waals surface area contributed by atoms with Crippen molar-refractivity contribution in [1.29, 1.82) is 0 Å². The zero-order valence-corrected chi connectivity index (χ0v) is 11.8. The molecule has 2 aromatic rings. The van der Waals surface area contributed by atoms with E-state index in [0.717, 1.165) is 23.5 Å². The van der Waals surface area contributed by atoms with Gasteiger partial charge in [-0.3, -0.25) is 4.68 Å². The molecule has 2 aromatic heterocycles. The first-order chi connectivity index (χ1) is 8.49. The number of hydrogen-bond acceptors (Lipinski definition) is 3. The quantitative estimate of drug-likeness (QED) is 0.867. The Morgan fingerprint density at radius 1 is 1.33 bits per heavy atom. The molecule has 0 aliphatic rings. The van der Waals surface area contributed by atoms with E-state index in [1.165, 1.54) is 11.3 Å². The summed E-state index contributed by atoms with van der Waals surface area (Å²) in [6.45, 7) is 6.78. The molecule has 0 bridgehead atoms. The standard InChI is InChI=1S/C13H17ClN4/c1-8-5-11(6-16-13(8)14)15-7-12-9(2)17-18(4)10(12)3/h5-6,15H,7H2,1-4H3. The molecule has 0 fully saturated rings. The Morgan fingerprint density at radius 3 is 2.61 bits per heavy atom. The van der Waals surface area contributed by atoms with E-state index >= 15 is 0 Å². The minimum Gasteiger partial charge on any atom is -0.380 e. The van der Waals surface area contributed by atoms with Crippen molar-refractivity contribution < 1.29 is 0 Å². The molecule has 18 heavy (non-hydrogen) atoms. The molecule has 0 aromatic carbocycles. The Morgan fingerprint density at radius 2 is 2.06 bits per heavy atom. The number of nitrogens with zero attached hydrogens (tertiary/aromatic N) is 3. The lowest BCUT2D eigenvalue weighted by Crippen LogP contribution is -2.03. The summed E-state index contributed by atoms with van der Waals surface area (Å²) < 4.78 is 1.90. The Hall–Kier alpha value is -1.55. The van der Waals surface area contributed by atoms with Gasteiger partial charge in [0.25, 0.3) is 0 Å². The summed E-state index contributed by atoms with van der Waals surface area (Å²) in [5.74, 6) is 0. The van der Waals surface area contributed by atoms with Crippen molar-refractivity contribution in [2.75, 3.05) is 5.32 Å². The number of rotatable bonds is 3. The Kier molecular flexibility index (Phi) is 3.57. The maximum atomic E-state index is 5.90. The van der Waals surface area contributed by atoms with Crippen LogP contribution in [0.5, 0.6) is 0 Å². The first-order valence-electron chi connectivity index (χ1n) is 5.84. The summed E-state index contributed by atoms with van der Waals surface area (Å²) in [5, 5.41) is 8.29. The Bertz CT molecular complexity index is 575. The van der Waals surface area contributed by atoms with E-state index in [0.29, 0.717) is 5.15 Å². The van der Waals surface area contributed by atoms with Crippen LogP contribution in [0.4, 0.5) is 5.69 Å². The van der Waals surface area contributed by atoms with Crippen LogP contribution in [0.2, 0.25) is 5.15 Å². The number of pyridine rings is 1. The third-order valence-electron chi connectivity index (χ3n) is 3.14. The van der Waals surface area contributed by atoms with Crippen LogP contribution in [0.15, 0.2) is 12.3 Å². The largest absolute Gasteiger partial charge is 0.380 e. The second-order valence-corrected chi connectivity index (χ2v) is 4.82. The number of hydrogen-bond donors (Lipinski definition) is 1. The predicted molar refractivity (Wildman–Crippen MR) is 74.0 cm³/mol. The minimum atomic E-state index is 0.550. The van der Waals surface area contributed by atoms with Crippen molar-refractivity contribution in [3.05, 3.63) is 39.9 Å². The first kappa shape index (κ1) is 12.9. The van der Waals surface area contributed by atoms with Gasteiger partial charge in [-0.2, -0.15) is 5.10 Å². The van der Waals surface area contributed by atoms with Crippen molar-refractivity contribution in [2.45, 2.75) is 27.3 Å². The van der Waals surface area contributed by atoms with Gasteiger partial charge in [0.05, 0.1) is 17.6 Å². The van der Waals surface area contributed by atoms with Gasteiger partial charge in [-0.1, -0.05) is 11.6 Å². The third-order valence-corrected chi connectivity index (χ3v) is 3.54. The number of anilines is 1. The van der Waals surface area contributed by atoms with Crippen molar-refractivity contribution >= 4 is 17.3 Å². The first-order valence-corrected chi connectivity index (χ1v) is 6.22. The lowest BCUT2D eigenvalue weighted by molar-refractivity contribution is 0.730. The monoisotopic (exact) mass is 264 g/mol. The highest BCUT2D eigenvalue weighted by Crippen LogP contribution is 2.18. The maximum absolute atomic E-state index is 5.90. The van der Waals surface area contributed by atoms with E-state index in [9.17, 15) is 0 Å². The fourth-order valence-corrected chi connectivity index (χ4v) is 2.02. The summed E-state index contributed by atoms with van der Waals surface area (Å²) >= 11 is 5.90. The van der Waals surface area contributed by atoms with Gasteiger partial charge in [0.15, 0.2) is 0 Å². The second kappa shape index (κ2) is 4.98. The molecule has 0 spiro atoms. The topological polar surface area (TPSA) is 42.7 Å². The van der Waals surface area contributed by atoms with Crippen LogP contribution < -0.4 is 5.32 Å². The van der Waals surface area contributed by atoms with Crippen LogP contribution in [0.3, 0.4) is 0 Å². The van der Waals surface area contributed by atoms with E-state index in [2.05, 4.69) is 22.3 Å². The second-order valence-electron chi connectivity index (χ2n) is 4.46. The highest BCUT2D eigenvalue weighted by molar-refractivity contribution is 6.30. The Balaban J connectivity index is 2.14. The van der Waals surface area contributed by atoms with E-state index in [-0.39, 0.29) is 0 Å². The minimum absolute atomic E-state index is 0.550.